The highest BCUT2D eigenvalue weighted by molar-refractivity contribution is 5.73. The van der Waals surface area contributed by atoms with Gasteiger partial charge < -0.3 is 15.1 Å². The Bertz CT molecular complexity index is 610. The molecular weight excluding hydrogens is 230 g/mol. The summed E-state index contributed by atoms with van der Waals surface area (Å²) in [7, 11) is 1.73. The van der Waals surface area contributed by atoms with Gasteiger partial charge >= 0.3 is 5.76 Å². The molecule has 2 aromatic rings. The van der Waals surface area contributed by atoms with Crippen LogP contribution >= 0.6 is 0 Å². The van der Waals surface area contributed by atoms with E-state index in [0.717, 1.165) is 37.6 Å². The van der Waals surface area contributed by atoms with Crippen LogP contribution in [0.1, 0.15) is 5.56 Å². The molecule has 0 radical (unpaired) electrons. The molecule has 1 aliphatic rings. The highest BCUT2D eigenvalue weighted by Gasteiger charge is 2.15. The fraction of sp³-hybridized carbons (Fsp3) is 0.462. The Labute approximate surface area is 105 Å². The number of aromatic nitrogens is 1. The van der Waals surface area contributed by atoms with E-state index in [1.54, 1.807) is 7.05 Å². The maximum atomic E-state index is 11.4. The molecule has 2 N–H and O–H groups in total. The van der Waals surface area contributed by atoms with Crippen molar-refractivity contribution in [3.8, 4) is 0 Å². The Morgan fingerprint density at radius 2 is 2.33 bits per heavy atom. The molecule has 2 heterocycles. The van der Waals surface area contributed by atoms with Crippen LogP contribution in [0.15, 0.2) is 27.4 Å². The Morgan fingerprint density at radius 3 is 3.06 bits per heavy atom. The summed E-state index contributed by atoms with van der Waals surface area (Å²) in [5.41, 5.74) is 2.67. The lowest BCUT2D eigenvalue weighted by atomic mass is 10.0. The van der Waals surface area contributed by atoms with Crippen LogP contribution in [0, 0.1) is 5.92 Å². The first kappa shape index (κ1) is 11.5. The molecular formula is C13H17N3O2. The van der Waals surface area contributed by atoms with E-state index in [2.05, 4.69) is 10.6 Å². The molecule has 1 aromatic heterocycles. The van der Waals surface area contributed by atoms with E-state index >= 15 is 0 Å². The highest BCUT2D eigenvalue weighted by Crippen LogP contribution is 2.14. The number of rotatable bonds is 4. The van der Waals surface area contributed by atoms with E-state index in [4.69, 9.17) is 4.42 Å². The summed E-state index contributed by atoms with van der Waals surface area (Å²) in [5.74, 6) is 0.447. The quantitative estimate of drug-likeness (QED) is 0.823. The smallest absolute Gasteiger partial charge is 0.408 e. The van der Waals surface area contributed by atoms with Crippen molar-refractivity contribution in [2.24, 2.45) is 13.0 Å². The van der Waals surface area contributed by atoms with Crippen LogP contribution in [-0.4, -0.2) is 24.2 Å². The highest BCUT2D eigenvalue weighted by atomic mass is 16.4. The molecule has 5 heteroatoms. The second-order valence-corrected chi connectivity index (χ2v) is 4.88. The molecule has 3 rings (SSSR count). The number of nitrogens with one attached hydrogen (secondary N) is 2. The fourth-order valence-electron chi connectivity index (χ4n) is 2.20. The van der Waals surface area contributed by atoms with Gasteiger partial charge in [0.2, 0.25) is 0 Å². The molecule has 0 unspecified atom stereocenters. The topological polar surface area (TPSA) is 59.2 Å². The van der Waals surface area contributed by atoms with Gasteiger partial charge in [-0.1, -0.05) is 6.07 Å². The van der Waals surface area contributed by atoms with Crippen LogP contribution < -0.4 is 16.4 Å². The largest absolute Gasteiger partial charge is 0.419 e. The van der Waals surface area contributed by atoms with Crippen LogP contribution in [-0.2, 0) is 13.6 Å². The van der Waals surface area contributed by atoms with Crippen molar-refractivity contribution in [1.29, 1.82) is 0 Å². The van der Waals surface area contributed by atoms with Gasteiger partial charge in [-0.25, -0.2) is 4.79 Å². The molecule has 0 aliphatic carbocycles. The van der Waals surface area contributed by atoms with Crippen molar-refractivity contribution in [2.75, 3.05) is 19.6 Å². The van der Waals surface area contributed by atoms with Crippen molar-refractivity contribution in [2.45, 2.75) is 6.54 Å². The van der Waals surface area contributed by atoms with Crippen molar-refractivity contribution in [3.05, 3.63) is 34.3 Å². The minimum atomic E-state index is -0.310. The molecule has 5 nitrogen and oxygen atoms in total. The number of hydrogen-bond acceptors (Lipinski definition) is 4. The van der Waals surface area contributed by atoms with Gasteiger partial charge in [0.25, 0.3) is 0 Å². The molecule has 0 spiro atoms. The minimum absolute atomic E-state index is 0.310. The molecule has 0 atom stereocenters. The monoisotopic (exact) mass is 247 g/mol. The van der Waals surface area contributed by atoms with Gasteiger partial charge in [-0.15, -0.1) is 0 Å². The summed E-state index contributed by atoms with van der Waals surface area (Å²) in [6.45, 7) is 4.09. The van der Waals surface area contributed by atoms with Crippen molar-refractivity contribution < 1.29 is 4.42 Å². The number of benzene rings is 1. The zero-order valence-electron chi connectivity index (χ0n) is 10.4. The molecule has 1 aliphatic heterocycles. The first-order chi connectivity index (χ1) is 8.74. The van der Waals surface area contributed by atoms with Gasteiger partial charge in [0.1, 0.15) is 0 Å². The minimum Gasteiger partial charge on any atom is -0.408 e. The van der Waals surface area contributed by atoms with E-state index < -0.39 is 0 Å². The third kappa shape index (κ3) is 2.07. The lowest BCUT2D eigenvalue weighted by molar-refractivity contribution is 0.331. The Balaban J connectivity index is 1.71. The molecule has 1 saturated heterocycles. The second-order valence-electron chi connectivity index (χ2n) is 4.88. The molecule has 1 aromatic carbocycles. The number of nitrogens with zero attached hydrogens (tertiary/aromatic N) is 1. The van der Waals surface area contributed by atoms with E-state index in [0.29, 0.717) is 5.58 Å². The fourth-order valence-corrected chi connectivity index (χ4v) is 2.20. The van der Waals surface area contributed by atoms with E-state index in [9.17, 15) is 4.79 Å². The summed E-state index contributed by atoms with van der Waals surface area (Å²) < 4.78 is 6.64. The van der Waals surface area contributed by atoms with Gasteiger partial charge in [0.15, 0.2) is 5.58 Å². The number of hydrogen-bond donors (Lipinski definition) is 2. The molecule has 0 bridgehead atoms. The summed E-state index contributed by atoms with van der Waals surface area (Å²) in [6.07, 6.45) is 0. The third-order valence-electron chi connectivity index (χ3n) is 3.48. The predicted molar refractivity (Wildman–Crippen MR) is 69.5 cm³/mol. The van der Waals surface area contributed by atoms with E-state index in [1.165, 1.54) is 10.1 Å². The summed E-state index contributed by atoms with van der Waals surface area (Å²) in [4.78, 5) is 11.4. The Kier molecular flexibility index (Phi) is 2.93. The molecule has 0 saturated carbocycles. The first-order valence-electron chi connectivity index (χ1n) is 6.24. The SMILES string of the molecule is Cn1c(=O)oc2ccc(CNCC3CNC3)cc21. The third-order valence-corrected chi connectivity index (χ3v) is 3.48. The molecule has 0 amide bonds. The van der Waals surface area contributed by atoms with E-state index in [1.807, 2.05) is 18.2 Å². The first-order valence-corrected chi connectivity index (χ1v) is 6.24. The average Bonchev–Trinajstić information content (AvgIpc) is 2.59. The number of fused-ring (bicyclic) bond motifs is 1. The van der Waals surface area contributed by atoms with Crippen molar-refractivity contribution in [1.82, 2.24) is 15.2 Å². The van der Waals surface area contributed by atoms with Gasteiger partial charge in [-0.05, 0) is 23.6 Å². The molecule has 1 fully saturated rings. The van der Waals surface area contributed by atoms with Gasteiger partial charge in [0.05, 0.1) is 5.52 Å². The van der Waals surface area contributed by atoms with E-state index in [-0.39, 0.29) is 5.76 Å². The second kappa shape index (κ2) is 4.59. The van der Waals surface area contributed by atoms with Gasteiger partial charge in [-0.2, -0.15) is 0 Å². The van der Waals surface area contributed by atoms with Crippen LogP contribution in [0.2, 0.25) is 0 Å². The van der Waals surface area contributed by atoms with Crippen LogP contribution in [0.5, 0.6) is 0 Å². The predicted octanol–water partition coefficient (Wildman–Crippen LogP) is 0.440. The molecule has 96 valence electrons. The molecule has 18 heavy (non-hydrogen) atoms. The lowest BCUT2D eigenvalue weighted by Crippen LogP contribution is -2.47. The standard InChI is InChI=1S/C13H17N3O2/c1-16-11-4-9(2-3-12(11)18-13(16)17)5-14-6-10-7-15-8-10/h2-4,10,14-15H,5-8H2,1H3. The van der Waals surface area contributed by atoms with Gasteiger partial charge in [-0.3, -0.25) is 4.57 Å². The lowest BCUT2D eigenvalue weighted by Gasteiger charge is -2.27. The normalized spacial score (nSPS) is 16.1. The number of oxazole rings is 1. The zero-order valence-corrected chi connectivity index (χ0v) is 10.4. The van der Waals surface area contributed by atoms with Crippen molar-refractivity contribution in [3.63, 3.8) is 0 Å². The Morgan fingerprint density at radius 1 is 1.50 bits per heavy atom. The van der Waals surface area contributed by atoms with Crippen LogP contribution in [0.25, 0.3) is 11.1 Å². The van der Waals surface area contributed by atoms with Gasteiger partial charge in [0, 0.05) is 33.2 Å². The average molecular weight is 247 g/mol. The summed E-state index contributed by atoms with van der Waals surface area (Å²) in [6, 6.07) is 5.86. The maximum absolute atomic E-state index is 11.4. The maximum Gasteiger partial charge on any atom is 0.419 e. The summed E-state index contributed by atoms with van der Waals surface area (Å²) >= 11 is 0. The summed E-state index contributed by atoms with van der Waals surface area (Å²) in [5, 5.41) is 6.69. The van der Waals surface area contributed by atoms with Crippen LogP contribution in [0.4, 0.5) is 0 Å². The number of aryl methyl sites for hydroxylation is 1. The van der Waals surface area contributed by atoms with Crippen molar-refractivity contribution >= 4 is 11.1 Å². The zero-order chi connectivity index (χ0) is 12.5. The Hall–Kier alpha value is -1.59. The van der Waals surface area contributed by atoms with Crippen LogP contribution in [0.3, 0.4) is 0 Å².